The summed E-state index contributed by atoms with van der Waals surface area (Å²) in [5.74, 6) is 0.752. The van der Waals surface area contributed by atoms with Crippen LogP contribution in [0.4, 0.5) is 5.69 Å². The molecule has 0 saturated heterocycles. The lowest BCUT2D eigenvalue weighted by Crippen LogP contribution is -2.15. The summed E-state index contributed by atoms with van der Waals surface area (Å²) in [6.45, 7) is 1.97. The van der Waals surface area contributed by atoms with Gasteiger partial charge in [-0.2, -0.15) is 0 Å². The fraction of sp³-hybridized carbons (Fsp3) is 0.150. The minimum Gasteiger partial charge on any atom is -0.495 e. The molecule has 0 aliphatic heterocycles. The number of nitrogens with zero attached hydrogens (tertiary/aromatic N) is 2. The molecule has 3 rings (SSSR count). The second-order valence-electron chi connectivity index (χ2n) is 5.62. The average molecular weight is 398 g/mol. The van der Waals surface area contributed by atoms with E-state index < -0.39 is 0 Å². The zero-order valence-corrected chi connectivity index (χ0v) is 16.6. The second-order valence-corrected chi connectivity index (χ2v) is 7.65. The molecule has 138 valence electrons. The van der Waals surface area contributed by atoms with Gasteiger partial charge in [0, 0.05) is 17.3 Å². The lowest BCUT2D eigenvalue weighted by molar-refractivity contribution is -0.113. The molecule has 5 nitrogen and oxygen atoms in total. The Labute approximate surface area is 167 Å². The van der Waals surface area contributed by atoms with Gasteiger partial charge in [0.25, 0.3) is 0 Å². The molecule has 3 aromatic rings. The largest absolute Gasteiger partial charge is 0.495 e. The van der Waals surface area contributed by atoms with E-state index in [2.05, 4.69) is 15.3 Å². The zero-order chi connectivity index (χ0) is 19.1. The summed E-state index contributed by atoms with van der Waals surface area (Å²) >= 11 is 2.90. The number of aromatic nitrogens is 2. The Bertz CT molecular complexity index is 920. The van der Waals surface area contributed by atoms with Crippen molar-refractivity contribution in [2.24, 2.45) is 0 Å². The van der Waals surface area contributed by atoms with Crippen LogP contribution in [0.1, 0.15) is 5.56 Å². The number of ether oxygens (including phenoxy) is 1. The minimum absolute atomic E-state index is 0.120. The van der Waals surface area contributed by atoms with Crippen molar-refractivity contribution in [1.29, 1.82) is 0 Å². The molecule has 0 aliphatic carbocycles. The summed E-state index contributed by atoms with van der Waals surface area (Å²) in [4.78, 5) is 22.2. The Kier molecular flexibility index (Phi) is 6.73. The zero-order valence-electron chi connectivity index (χ0n) is 15.0. The number of nitrogens with one attached hydrogen (secondary N) is 1. The van der Waals surface area contributed by atoms with Crippen molar-refractivity contribution < 1.29 is 9.53 Å². The smallest absolute Gasteiger partial charge is 0.234 e. The highest BCUT2D eigenvalue weighted by Gasteiger charge is 2.12. The SMILES string of the molecule is COc1ccc(C)cc1NC(=O)CSc1nccnc1Sc1ccccc1. The molecule has 1 amide bonds. The van der Waals surface area contributed by atoms with Crippen molar-refractivity contribution >= 4 is 35.1 Å². The highest BCUT2D eigenvalue weighted by atomic mass is 32.2. The number of rotatable bonds is 7. The number of carbonyl (C=O) groups is 1. The van der Waals surface area contributed by atoms with E-state index in [0.29, 0.717) is 11.4 Å². The van der Waals surface area contributed by atoms with Crippen LogP contribution in [0.3, 0.4) is 0 Å². The van der Waals surface area contributed by atoms with Gasteiger partial charge in [-0.3, -0.25) is 4.79 Å². The number of benzene rings is 2. The Balaban J connectivity index is 1.65. The quantitative estimate of drug-likeness (QED) is 0.584. The summed E-state index contributed by atoms with van der Waals surface area (Å²) < 4.78 is 5.30. The van der Waals surface area contributed by atoms with Crippen LogP contribution in [0, 0.1) is 6.92 Å². The summed E-state index contributed by atoms with van der Waals surface area (Å²) in [6.07, 6.45) is 3.30. The van der Waals surface area contributed by atoms with Crippen LogP contribution in [-0.4, -0.2) is 28.7 Å². The molecule has 1 heterocycles. The van der Waals surface area contributed by atoms with Crippen LogP contribution in [-0.2, 0) is 4.79 Å². The second kappa shape index (κ2) is 9.43. The lowest BCUT2D eigenvalue weighted by Gasteiger charge is -2.11. The molecule has 0 spiro atoms. The standard InChI is InChI=1S/C20H19N3O2S2/c1-14-8-9-17(25-2)16(12-14)23-18(24)13-26-19-20(22-11-10-21-19)27-15-6-4-3-5-7-15/h3-12H,13H2,1-2H3,(H,23,24). The van der Waals surface area contributed by atoms with Gasteiger partial charge < -0.3 is 10.1 Å². The van der Waals surface area contributed by atoms with E-state index in [1.165, 1.54) is 23.5 Å². The number of aryl methyl sites for hydroxylation is 1. The molecule has 2 aromatic carbocycles. The number of hydrogen-bond acceptors (Lipinski definition) is 6. The normalized spacial score (nSPS) is 10.4. The maximum Gasteiger partial charge on any atom is 0.234 e. The van der Waals surface area contributed by atoms with Crippen molar-refractivity contribution in [3.63, 3.8) is 0 Å². The molecular formula is C20H19N3O2S2. The van der Waals surface area contributed by atoms with E-state index >= 15 is 0 Å². The van der Waals surface area contributed by atoms with E-state index in [0.717, 1.165) is 20.5 Å². The highest BCUT2D eigenvalue weighted by Crippen LogP contribution is 2.32. The number of carbonyl (C=O) groups excluding carboxylic acids is 1. The first-order valence-electron chi connectivity index (χ1n) is 8.27. The predicted molar refractivity (Wildman–Crippen MR) is 110 cm³/mol. The maximum absolute atomic E-state index is 12.4. The van der Waals surface area contributed by atoms with E-state index in [9.17, 15) is 4.79 Å². The van der Waals surface area contributed by atoms with Crippen LogP contribution in [0.2, 0.25) is 0 Å². The van der Waals surface area contributed by atoms with Crippen LogP contribution in [0.25, 0.3) is 0 Å². The van der Waals surface area contributed by atoms with Crippen molar-refractivity contribution in [2.45, 2.75) is 21.9 Å². The van der Waals surface area contributed by atoms with Crippen LogP contribution in [0.5, 0.6) is 5.75 Å². The molecule has 0 fully saturated rings. The third-order valence-electron chi connectivity index (χ3n) is 3.56. The van der Waals surface area contributed by atoms with E-state index in [1.807, 2.05) is 55.5 Å². The Morgan fingerprint density at radius 3 is 2.56 bits per heavy atom. The van der Waals surface area contributed by atoms with Crippen LogP contribution >= 0.6 is 23.5 Å². The first-order chi connectivity index (χ1) is 13.2. The predicted octanol–water partition coefficient (Wildman–Crippen LogP) is 4.68. The lowest BCUT2D eigenvalue weighted by atomic mass is 10.2. The van der Waals surface area contributed by atoms with Gasteiger partial charge in [0.15, 0.2) is 0 Å². The van der Waals surface area contributed by atoms with E-state index in [1.54, 1.807) is 19.5 Å². The maximum atomic E-state index is 12.4. The summed E-state index contributed by atoms with van der Waals surface area (Å²) in [7, 11) is 1.59. The topological polar surface area (TPSA) is 64.1 Å². The van der Waals surface area contributed by atoms with Gasteiger partial charge in [0.2, 0.25) is 5.91 Å². The van der Waals surface area contributed by atoms with Gasteiger partial charge in [-0.1, -0.05) is 47.8 Å². The number of thioether (sulfide) groups is 1. The molecular weight excluding hydrogens is 378 g/mol. The van der Waals surface area contributed by atoms with Gasteiger partial charge in [-0.05, 0) is 36.8 Å². The van der Waals surface area contributed by atoms with E-state index in [4.69, 9.17) is 4.74 Å². The number of amides is 1. The van der Waals surface area contributed by atoms with Crippen LogP contribution < -0.4 is 10.1 Å². The molecule has 0 aliphatic rings. The van der Waals surface area contributed by atoms with E-state index in [-0.39, 0.29) is 11.7 Å². The summed E-state index contributed by atoms with van der Waals surface area (Å²) in [6, 6.07) is 15.6. The molecule has 1 N–H and O–H groups in total. The van der Waals surface area contributed by atoms with Gasteiger partial charge in [-0.25, -0.2) is 9.97 Å². The van der Waals surface area contributed by atoms with Gasteiger partial charge in [-0.15, -0.1) is 0 Å². The van der Waals surface area contributed by atoms with Crippen molar-refractivity contribution in [3.8, 4) is 5.75 Å². The fourth-order valence-electron chi connectivity index (χ4n) is 2.32. The monoisotopic (exact) mass is 397 g/mol. The van der Waals surface area contributed by atoms with Gasteiger partial charge >= 0.3 is 0 Å². The fourth-order valence-corrected chi connectivity index (χ4v) is 4.04. The third-order valence-corrected chi connectivity index (χ3v) is 5.67. The molecule has 0 atom stereocenters. The molecule has 0 bridgehead atoms. The highest BCUT2D eigenvalue weighted by molar-refractivity contribution is 8.02. The molecule has 0 radical (unpaired) electrons. The molecule has 0 unspecified atom stereocenters. The Morgan fingerprint density at radius 1 is 1.07 bits per heavy atom. The average Bonchev–Trinajstić information content (AvgIpc) is 2.68. The first kappa shape index (κ1) is 19.3. The van der Waals surface area contributed by atoms with Crippen molar-refractivity contribution in [2.75, 3.05) is 18.2 Å². The minimum atomic E-state index is -0.120. The number of methoxy groups -OCH3 is 1. The van der Waals surface area contributed by atoms with Gasteiger partial charge in [0.05, 0.1) is 18.6 Å². The first-order valence-corrected chi connectivity index (χ1v) is 10.1. The number of anilines is 1. The summed E-state index contributed by atoms with van der Waals surface area (Å²) in [5.41, 5.74) is 1.72. The molecule has 1 aromatic heterocycles. The van der Waals surface area contributed by atoms with Crippen LogP contribution in [0.15, 0.2) is 75.9 Å². The summed E-state index contributed by atoms with van der Waals surface area (Å²) in [5, 5.41) is 4.42. The number of hydrogen-bond donors (Lipinski definition) is 1. The Hall–Kier alpha value is -2.51. The Morgan fingerprint density at radius 2 is 1.81 bits per heavy atom. The van der Waals surface area contributed by atoms with Crippen molar-refractivity contribution in [1.82, 2.24) is 9.97 Å². The van der Waals surface area contributed by atoms with Crippen molar-refractivity contribution in [3.05, 3.63) is 66.5 Å². The molecule has 0 saturated carbocycles. The molecule has 27 heavy (non-hydrogen) atoms. The van der Waals surface area contributed by atoms with Gasteiger partial charge in [0.1, 0.15) is 15.8 Å². The third kappa shape index (κ3) is 5.48. The molecule has 7 heteroatoms.